The summed E-state index contributed by atoms with van der Waals surface area (Å²) in [5, 5.41) is 68.9. The number of unbranched alkanes of at least 4 members (excludes halogenated alkanes) is 1. The van der Waals surface area contributed by atoms with Crippen LogP contribution in [0.15, 0.2) is 0 Å². The van der Waals surface area contributed by atoms with Gasteiger partial charge in [-0.15, -0.1) is 0 Å². The molecule has 0 bridgehead atoms. The number of rotatable bonds is 19. The van der Waals surface area contributed by atoms with Crippen LogP contribution in [0, 0.1) is 0 Å². The number of hydrogen-bond acceptors (Lipinski definition) is 16. The van der Waals surface area contributed by atoms with E-state index < -0.39 is 98.5 Å². The van der Waals surface area contributed by atoms with Crippen LogP contribution in [0.5, 0.6) is 0 Å². The van der Waals surface area contributed by atoms with Crippen molar-refractivity contribution >= 4 is 24.0 Å². The number of carbonyl (C=O) groups excluding carboxylic acids is 4. The predicted molar refractivity (Wildman–Crippen MR) is 160 cm³/mol. The zero-order valence-electron chi connectivity index (χ0n) is 27.0. The Labute approximate surface area is 277 Å². The second kappa shape index (κ2) is 21.9. The SMILES string of the molecule is CC(=O)N[C@H]1[C@@H](OC(=O)NCCCOCCCCOCCCNC(=O)O[C@H]2O[C@H](CO)[C@@H](O)[C@H](O)[C@H]2NC(C)=O)O[C@H](CO)[C@@H](O)[C@@H]1O. The lowest BCUT2D eigenvalue weighted by Crippen LogP contribution is -2.65. The number of hydrogen-bond donors (Lipinski definition) is 10. The first-order valence-corrected chi connectivity index (χ1v) is 15.7. The van der Waals surface area contributed by atoms with Crippen molar-refractivity contribution in [2.45, 2.75) is 101 Å². The lowest BCUT2D eigenvalue weighted by Gasteiger charge is -2.41. The van der Waals surface area contributed by atoms with Gasteiger partial charge in [0, 0.05) is 53.4 Å². The molecule has 0 aromatic rings. The standard InChI is InChI=1S/C28H50N4O16/c1-15(35)31-19-23(39)21(37)17(13-33)45-25(19)47-27(41)29-7-5-11-43-9-3-4-10-44-12-6-8-30-28(42)48-26-20(32-16(2)36)24(40)22(38)18(14-34)46-26/h17-26,33-34,37-40H,3-14H2,1-2H3,(H,29,41)(H,30,42)(H,31,35)(H,32,36)/t17-,18-,19-,20-,21-,22-,23-,24-,25-,26-/m1/s1. The highest BCUT2D eigenvalue weighted by molar-refractivity contribution is 5.74. The van der Waals surface area contributed by atoms with Crippen LogP contribution in [0.25, 0.3) is 0 Å². The molecule has 48 heavy (non-hydrogen) atoms. The van der Waals surface area contributed by atoms with Crippen molar-refractivity contribution in [3.63, 3.8) is 0 Å². The van der Waals surface area contributed by atoms with Crippen LogP contribution in [-0.2, 0) is 38.0 Å². The molecule has 0 spiro atoms. The molecule has 2 heterocycles. The first-order chi connectivity index (χ1) is 22.9. The van der Waals surface area contributed by atoms with E-state index in [0.717, 1.165) is 12.8 Å². The van der Waals surface area contributed by atoms with Crippen molar-refractivity contribution in [1.82, 2.24) is 21.3 Å². The summed E-state index contributed by atoms with van der Waals surface area (Å²) in [5.41, 5.74) is 0. The molecule has 0 aliphatic carbocycles. The molecule has 20 nitrogen and oxygen atoms in total. The molecule has 0 aromatic heterocycles. The maximum absolute atomic E-state index is 12.2. The lowest BCUT2D eigenvalue weighted by molar-refractivity contribution is -0.252. The van der Waals surface area contributed by atoms with E-state index in [-0.39, 0.29) is 13.1 Å². The summed E-state index contributed by atoms with van der Waals surface area (Å²) >= 11 is 0. The van der Waals surface area contributed by atoms with Crippen molar-refractivity contribution in [2.24, 2.45) is 0 Å². The molecule has 2 aliphatic heterocycles. The number of aliphatic hydroxyl groups excluding tert-OH is 6. The van der Waals surface area contributed by atoms with Gasteiger partial charge in [0.2, 0.25) is 24.4 Å². The smallest absolute Gasteiger partial charge is 0.409 e. The molecule has 0 radical (unpaired) electrons. The molecular weight excluding hydrogens is 648 g/mol. The van der Waals surface area contributed by atoms with E-state index in [2.05, 4.69) is 21.3 Å². The van der Waals surface area contributed by atoms with E-state index in [1.165, 1.54) is 13.8 Å². The summed E-state index contributed by atoms with van der Waals surface area (Å²) in [6, 6.07) is -2.47. The topological polar surface area (TPSA) is 293 Å². The minimum Gasteiger partial charge on any atom is -0.417 e. The third kappa shape index (κ3) is 13.9. The molecule has 10 atom stereocenters. The highest BCUT2D eigenvalue weighted by Gasteiger charge is 2.47. The van der Waals surface area contributed by atoms with Crippen LogP contribution in [0.2, 0.25) is 0 Å². The highest BCUT2D eigenvalue weighted by Crippen LogP contribution is 2.23. The van der Waals surface area contributed by atoms with Gasteiger partial charge in [0.1, 0.15) is 48.7 Å². The Morgan fingerprint density at radius 3 is 1.27 bits per heavy atom. The number of ether oxygens (including phenoxy) is 6. The van der Waals surface area contributed by atoms with Crippen molar-refractivity contribution < 1.29 is 78.2 Å². The van der Waals surface area contributed by atoms with Crippen molar-refractivity contribution in [3.8, 4) is 0 Å². The second-order valence-electron chi connectivity index (χ2n) is 11.2. The molecule has 2 saturated heterocycles. The van der Waals surface area contributed by atoms with E-state index in [1.807, 2.05) is 0 Å². The molecule has 278 valence electrons. The third-order valence-electron chi connectivity index (χ3n) is 7.24. The Kier molecular flexibility index (Phi) is 18.8. The molecule has 4 amide bonds. The number of aliphatic hydroxyl groups is 6. The number of nitrogens with one attached hydrogen (secondary N) is 4. The largest absolute Gasteiger partial charge is 0.417 e. The van der Waals surface area contributed by atoms with E-state index in [1.54, 1.807) is 0 Å². The van der Waals surface area contributed by atoms with Gasteiger partial charge in [-0.3, -0.25) is 9.59 Å². The molecular formula is C28H50N4O16. The minimum atomic E-state index is -1.53. The molecule has 10 N–H and O–H groups in total. The maximum atomic E-state index is 12.2. The summed E-state index contributed by atoms with van der Waals surface area (Å²) in [6.07, 6.45) is -10.7. The van der Waals surface area contributed by atoms with E-state index in [9.17, 15) is 49.8 Å². The monoisotopic (exact) mass is 698 g/mol. The summed E-state index contributed by atoms with van der Waals surface area (Å²) in [4.78, 5) is 47.3. The Morgan fingerprint density at radius 1 is 0.583 bits per heavy atom. The Morgan fingerprint density at radius 2 is 0.938 bits per heavy atom. The van der Waals surface area contributed by atoms with Crippen molar-refractivity contribution in [3.05, 3.63) is 0 Å². The van der Waals surface area contributed by atoms with Crippen LogP contribution in [0.4, 0.5) is 9.59 Å². The summed E-state index contributed by atoms with van der Waals surface area (Å²) < 4.78 is 32.0. The van der Waals surface area contributed by atoms with Crippen LogP contribution in [-0.4, -0.2) is 169 Å². The quantitative estimate of drug-likeness (QED) is 0.0574. The fourth-order valence-electron chi connectivity index (χ4n) is 4.78. The minimum absolute atomic E-state index is 0.202. The van der Waals surface area contributed by atoms with Gasteiger partial charge < -0.3 is 80.3 Å². The number of amides is 4. The van der Waals surface area contributed by atoms with Gasteiger partial charge in [0.15, 0.2) is 0 Å². The first-order valence-electron chi connectivity index (χ1n) is 15.7. The average molecular weight is 699 g/mol. The third-order valence-corrected chi connectivity index (χ3v) is 7.24. The van der Waals surface area contributed by atoms with Crippen LogP contribution < -0.4 is 21.3 Å². The summed E-state index contributed by atoms with van der Waals surface area (Å²) in [7, 11) is 0. The van der Waals surface area contributed by atoms with Crippen LogP contribution in [0.1, 0.15) is 39.5 Å². The fraction of sp³-hybridized carbons (Fsp3) is 0.857. The Balaban J connectivity index is 1.49. The fourth-order valence-corrected chi connectivity index (χ4v) is 4.78. The number of carbonyl (C=O) groups is 4. The normalized spacial score (nSPS) is 30.2. The van der Waals surface area contributed by atoms with E-state index >= 15 is 0 Å². The average Bonchev–Trinajstić information content (AvgIpc) is 3.03. The lowest BCUT2D eigenvalue weighted by atomic mass is 9.97. The van der Waals surface area contributed by atoms with Gasteiger partial charge in [0.25, 0.3) is 0 Å². The number of alkyl carbamates (subject to hydrolysis) is 2. The molecule has 0 aromatic carbocycles. The maximum Gasteiger partial charge on any atom is 0.409 e. The first kappa shape index (κ1) is 41.3. The van der Waals surface area contributed by atoms with Gasteiger partial charge in [-0.25, -0.2) is 9.59 Å². The van der Waals surface area contributed by atoms with Gasteiger partial charge in [-0.05, 0) is 25.7 Å². The second-order valence-corrected chi connectivity index (χ2v) is 11.2. The van der Waals surface area contributed by atoms with Gasteiger partial charge in [0.05, 0.1) is 13.2 Å². The van der Waals surface area contributed by atoms with Crippen LogP contribution in [0.3, 0.4) is 0 Å². The zero-order chi connectivity index (χ0) is 35.6. The highest BCUT2D eigenvalue weighted by atomic mass is 16.7. The summed E-state index contributed by atoms with van der Waals surface area (Å²) in [6.45, 7) is 3.13. The summed E-state index contributed by atoms with van der Waals surface area (Å²) in [5.74, 6) is -1.09. The van der Waals surface area contributed by atoms with Crippen molar-refractivity contribution in [1.29, 1.82) is 0 Å². The van der Waals surface area contributed by atoms with Gasteiger partial charge in [-0.2, -0.15) is 0 Å². The predicted octanol–water partition coefficient (Wildman–Crippen LogP) is -4.08. The van der Waals surface area contributed by atoms with E-state index in [0.29, 0.717) is 39.3 Å². The molecule has 0 saturated carbocycles. The Hall–Kier alpha value is -2.92. The molecule has 2 aliphatic rings. The Bertz CT molecular complexity index is 919. The molecule has 2 rings (SSSR count). The molecule has 0 unspecified atom stereocenters. The van der Waals surface area contributed by atoms with E-state index in [4.69, 9.17) is 28.4 Å². The van der Waals surface area contributed by atoms with Gasteiger partial charge >= 0.3 is 12.2 Å². The molecule has 20 heteroatoms. The van der Waals surface area contributed by atoms with Crippen LogP contribution >= 0.6 is 0 Å². The van der Waals surface area contributed by atoms with Gasteiger partial charge in [-0.1, -0.05) is 0 Å². The van der Waals surface area contributed by atoms with Crippen molar-refractivity contribution in [2.75, 3.05) is 52.7 Å². The molecule has 2 fully saturated rings. The zero-order valence-corrected chi connectivity index (χ0v) is 27.0.